The molecule has 0 saturated carbocycles. The molecule has 6 rings (SSSR count). The van der Waals surface area contributed by atoms with Gasteiger partial charge in [0.2, 0.25) is 0 Å². The van der Waals surface area contributed by atoms with Crippen molar-refractivity contribution in [1.82, 2.24) is 20.4 Å². The van der Waals surface area contributed by atoms with E-state index in [2.05, 4.69) is 40.4 Å². The van der Waals surface area contributed by atoms with E-state index in [1.807, 2.05) is 24.3 Å². The number of isocyanates is 3. The summed E-state index contributed by atoms with van der Waals surface area (Å²) in [6.07, 6.45) is 10.1. The van der Waals surface area contributed by atoms with E-state index in [1.165, 1.54) is 0 Å². The van der Waals surface area contributed by atoms with Gasteiger partial charge in [-0.15, -0.1) is 30.6 Å². The van der Waals surface area contributed by atoms with E-state index in [4.69, 9.17) is 49.2 Å². The number of halogens is 1. The molecule has 18 nitrogen and oxygen atoms in total. The summed E-state index contributed by atoms with van der Waals surface area (Å²) in [6, 6.07) is 7.53. The third kappa shape index (κ3) is 34.2. The second-order valence-electron chi connectivity index (χ2n) is 6.27. The van der Waals surface area contributed by atoms with E-state index in [1.54, 1.807) is 24.9 Å². The summed E-state index contributed by atoms with van der Waals surface area (Å²) in [7, 11) is -4.94. The average molecular weight is 692 g/mol. The number of aromatic nitrogens is 4. The number of aliphatic imine (C=N–C) groups is 4. The molecule has 0 aromatic carbocycles. The van der Waals surface area contributed by atoms with Crippen molar-refractivity contribution < 1.29 is 76.8 Å². The SMILES string of the molecule is C1=NCCCN=Cc2ccc(nn2)C=NCCCN=Cc2ccc1nn2.[Co+2].[Co+2].[N-]=C=O.[N-]=C=O.[N-]=C=O.[O-][Cl+3]([O-])([O-])[O-]. The van der Waals surface area contributed by atoms with Gasteiger partial charge in [0, 0.05) is 51.0 Å². The van der Waals surface area contributed by atoms with Gasteiger partial charge in [-0.1, -0.05) is 0 Å². The van der Waals surface area contributed by atoms with Gasteiger partial charge in [0.1, 0.15) is 22.8 Å². The molecule has 4 bridgehead atoms. The van der Waals surface area contributed by atoms with Crippen molar-refractivity contribution in [1.29, 1.82) is 0 Å². The van der Waals surface area contributed by atoms with Gasteiger partial charge in [0.15, 0.2) is 0 Å². The van der Waals surface area contributed by atoms with Gasteiger partial charge in [-0.05, 0) is 55.3 Å². The zero-order valence-corrected chi connectivity index (χ0v) is 24.0. The van der Waals surface area contributed by atoms with Crippen LogP contribution in [0.15, 0.2) is 44.2 Å². The molecule has 2 radical (unpaired) electrons. The molecule has 0 atom stereocenters. The molecule has 4 aliphatic rings. The first-order valence-corrected chi connectivity index (χ1v) is 11.7. The van der Waals surface area contributed by atoms with E-state index in [-0.39, 0.29) is 33.6 Å². The first-order valence-electron chi connectivity index (χ1n) is 10.5. The van der Waals surface area contributed by atoms with Crippen LogP contribution in [0.3, 0.4) is 0 Å². The average Bonchev–Trinajstić information content (AvgIpc) is 2.89. The molecule has 226 valence electrons. The molecular formula is C21H20ClCo2N11O7. The zero-order chi connectivity index (χ0) is 30.5. The molecule has 0 unspecified atom stereocenters. The second-order valence-corrected chi connectivity index (χ2v) is 7.02. The molecule has 0 aliphatic carbocycles. The Kier molecular flexibility index (Phi) is 34.0. The van der Waals surface area contributed by atoms with Gasteiger partial charge < -0.3 is 16.2 Å². The summed E-state index contributed by atoms with van der Waals surface area (Å²) in [6.45, 7) is 2.74. The molecule has 0 spiro atoms. The molecule has 2 aromatic rings. The quantitative estimate of drug-likeness (QED) is 0.191. The van der Waals surface area contributed by atoms with E-state index >= 15 is 0 Å². The normalized spacial score (nSPS) is 11.7. The minimum atomic E-state index is -4.94. The first-order chi connectivity index (χ1) is 19.1. The zero-order valence-electron chi connectivity index (χ0n) is 21.2. The van der Waals surface area contributed by atoms with Crippen LogP contribution < -0.4 is 18.6 Å². The molecule has 0 saturated heterocycles. The molecular weight excluding hydrogens is 672 g/mol. The molecule has 21 heteroatoms. The van der Waals surface area contributed by atoms with Crippen LogP contribution in [0.1, 0.15) is 35.6 Å². The van der Waals surface area contributed by atoms with Gasteiger partial charge in [0.25, 0.3) is 0 Å². The van der Waals surface area contributed by atoms with Crippen molar-refractivity contribution in [3.8, 4) is 0 Å². The van der Waals surface area contributed by atoms with Crippen LogP contribution in [0.5, 0.6) is 0 Å². The van der Waals surface area contributed by atoms with Crippen molar-refractivity contribution in [3.05, 3.63) is 63.3 Å². The van der Waals surface area contributed by atoms with Gasteiger partial charge in [-0.3, -0.25) is 34.4 Å². The standard InChI is InChI=1S/C18H20N8.3CNO.ClHO4.2Co/c1-7-19-11-15-3-5-17(25-23-15)13-21-9-2-10-22-14-18-6-4-16(24-26-18)12-20-8-1;3*2-1-3;2-1(3,4)5;;/h3-6,11-14H,1-2,7-10H2;;;;(H,2,3,4,5);;/q;3*-1;;2*+2/p-1. The maximum Gasteiger partial charge on any atom is 2.00 e. The smallest absolute Gasteiger partial charge is 0.724 e. The summed E-state index contributed by atoms with van der Waals surface area (Å²) in [5, 5.41) is 36.8. The Hall–Kier alpha value is -3.88. The van der Waals surface area contributed by atoms with Gasteiger partial charge in [0.05, 0.1) is 0 Å². The van der Waals surface area contributed by atoms with E-state index < -0.39 is 10.2 Å². The van der Waals surface area contributed by atoms with Crippen LogP contribution in [-0.4, -0.2) is 89.7 Å². The van der Waals surface area contributed by atoms with Gasteiger partial charge >= 0.3 is 33.6 Å². The Bertz CT molecular complexity index is 1010. The van der Waals surface area contributed by atoms with Crippen molar-refractivity contribution in [3.63, 3.8) is 0 Å². The number of carbonyl (C=O) groups excluding carboxylic acids is 3. The van der Waals surface area contributed by atoms with E-state index in [9.17, 15) is 0 Å². The van der Waals surface area contributed by atoms with Crippen LogP contribution in [-0.2, 0) is 47.9 Å². The largest absolute Gasteiger partial charge is 2.00 e. The van der Waals surface area contributed by atoms with Crippen molar-refractivity contribution in [2.45, 2.75) is 12.8 Å². The van der Waals surface area contributed by atoms with Crippen LogP contribution in [0, 0.1) is 10.2 Å². The van der Waals surface area contributed by atoms with Crippen LogP contribution >= 0.6 is 0 Å². The summed E-state index contributed by atoms with van der Waals surface area (Å²) in [5.41, 5.74) is 2.94. The third-order valence-corrected chi connectivity index (χ3v) is 3.45. The fraction of sp³-hybridized carbons (Fsp3) is 0.286. The molecule has 0 amide bonds. The fourth-order valence-corrected chi connectivity index (χ4v) is 2.12. The summed E-state index contributed by atoms with van der Waals surface area (Å²) in [5.74, 6) is 0. The van der Waals surface area contributed by atoms with Crippen molar-refractivity contribution in [2.75, 3.05) is 26.2 Å². The Morgan fingerprint density at radius 2 is 0.690 bits per heavy atom. The summed E-state index contributed by atoms with van der Waals surface area (Å²) in [4.78, 5) is 42.1. The summed E-state index contributed by atoms with van der Waals surface area (Å²) < 4.78 is 34.0. The Morgan fingerprint density at radius 3 is 0.833 bits per heavy atom. The third-order valence-electron chi connectivity index (χ3n) is 3.45. The number of rotatable bonds is 0. The number of nitrogens with zero attached hydrogens (tertiary/aromatic N) is 11. The van der Waals surface area contributed by atoms with Gasteiger partial charge in [-0.2, -0.15) is 0 Å². The Labute approximate surface area is 261 Å². The Balaban J connectivity index is -0.000000382. The minimum Gasteiger partial charge on any atom is -0.724 e. The van der Waals surface area contributed by atoms with Crippen LogP contribution in [0.25, 0.3) is 16.2 Å². The van der Waals surface area contributed by atoms with E-state index in [0.717, 1.165) is 35.6 Å². The fourth-order valence-electron chi connectivity index (χ4n) is 2.12. The van der Waals surface area contributed by atoms with Crippen molar-refractivity contribution >= 4 is 43.1 Å². The second kappa shape index (κ2) is 31.6. The van der Waals surface area contributed by atoms with Gasteiger partial charge in [-0.25, -0.2) is 18.6 Å². The predicted octanol–water partition coefficient (Wildman–Crippen LogP) is -3.65. The molecule has 42 heavy (non-hydrogen) atoms. The predicted molar refractivity (Wildman–Crippen MR) is 130 cm³/mol. The Morgan fingerprint density at radius 1 is 0.524 bits per heavy atom. The van der Waals surface area contributed by atoms with Crippen LogP contribution in [0.4, 0.5) is 0 Å². The first kappa shape index (κ1) is 45.1. The molecule has 6 heterocycles. The molecule has 2 aromatic heterocycles. The molecule has 0 fully saturated rings. The van der Waals surface area contributed by atoms with Crippen molar-refractivity contribution in [2.24, 2.45) is 20.0 Å². The molecule has 4 aliphatic heterocycles. The molecule has 0 N–H and O–H groups in total. The van der Waals surface area contributed by atoms with E-state index in [0.29, 0.717) is 44.4 Å². The number of hydrogen-bond acceptors (Lipinski definition) is 15. The minimum absolute atomic E-state index is 0. The maximum atomic E-state index is 8.49. The monoisotopic (exact) mass is 691 g/mol. The number of hydrogen-bond donors (Lipinski definition) is 0. The summed E-state index contributed by atoms with van der Waals surface area (Å²) >= 11 is 0. The topological polar surface area (TPSA) is 311 Å². The van der Waals surface area contributed by atoms with Crippen LogP contribution in [0.2, 0.25) is 0 Å². The maximum absolute atomic E-state index is 8.49.